The molecular weight excluding hydrogens is 254 g/mol. The molecule has 1 N–H and O–H groups in total. The number of amides is 1. The van der Waals surface area contributed by atoms with Crippen LogP contribution in [0.15, 0.2) is 18.2 Å². The number of nitrogens with one attached hydrogen (secondary N) is 1. The number of fused-ring (bicyclic) bond motifs is 1. The first-order valence-corrected chi connectivity index (χ1v) is 6.15. The van der Waals surface area contributed by atoms with Crippen LogP contribution < -0.4 is 5.32 Å². The Balaban J connectivity index is 2.13. The van der Waals surface area contributed by atoms with E-state index in [4.69, 9.17) is 0 Å². The van der Waals surface area contributed by atoms with Crippen molar-refractivity contribution in [3.05, 3.63) is 29.3 Å². The lowest BCUT2D eigenvalue weighted by Gasteiger charge is -2.08. The predicted molar refractivity (Wildman–Crippen MR) is 65.5 cm³/mol. The largest absolute Gasteiger partial charge is 0.325 e. The van der Waals surface area contributed by atoms with Crippen LogP contribution >= 0.6 is 15.9 Å². The first-order valence-electron chi connectivity index (χ1n) is 5.23. The van der Waals surface area contributed by atoms with E-state index < -0.39 is 0 Å². The van der Waals surface area contributed by atoms with E-state index in [9.17, 15) is 4.79 Å². The van der Waals surface area contributed by atoms with E-state index in [1.807, 2.05) is 13.0 Å². The molecule has 3 heteroatoms. The van der Waals surface area contributed by atoms with Crippen LogP contribution in [-0.2, 0) is 17.6 Å². The van der Waals surface area contributed by atoms with Gasteiger partial charge in [-0.25, -0.2) is 0 Å². The van der Waals surface area contributed by atoms with Gasteiger partial charge in [0.05, 0.1) is 4.83 Å². The highest BCUT2D eigenvalue weighted by molar-refractivity contribution is 9.10. The Labute approximate surface area is 98.2 Å². The second-order valence-corrected chi connectivity index (χ2v) is 5.32. The molecule has 2 rings (SSSR count). The number of hydrogen-bond donors (Lipinski definition) is 1. The van der Waals surface area contributed by atoms with Gasteiger partial charge in [0.1, 0.15) is 0 Å². The summed E-state index contributed by atoms with van der Waals surface area (Å²) in [6.45, 7) is 1.82. The molecule has 0 heterocycles. The highest BCUT2D eigenvalue weighted by Gasteiger charge is 2.13. The fraction of sp³-hybridized carbons (Fsp3) is 0.417. The van der Waals surface area contributed by atoms with Gasteiger partial charge >= 0.3 is 0 Å². The van der Waals surface area contributed by atoms with Crippen LogP contribution in [0.25, 0.3) is 0 Å². The molecule has 0 saturated carbocycles. The SMILES string of the molecule is CC(Br)C(=O)Nc1ccc2c(c1)CCC2. The summed E-state index contributed by atoms with van der Waals surface area (Å²) in [6, 6.07) is 6.20. The van der Waals surface area contributed by atoms with Gasteiger partial charge in [0, 0.05) is 5.69 Å². The number of aryl methyl sites for hydroxylation is 2. The average Bonchev–Trinajstić information content (AvgIpc) is 2.64. The molecule has 0 aliphatic heterocycles. The predicted octanol–water partition coefficient (Wildman–Crippen LogP) is 2.90. The molecule has 1 aliphatic carbocycles. The number of hydrogen-bond acceptors (Lipinski definition) is 1. The summed E-state index contributed by atoms with van der Waals surface area (Å²) in [7, 11) is 0. The Morgan fingerprint density at radius 2 is 2.13 bits per heavy atom. The van der Waals surface area contributed by atoms with Gasteiger partial charge in [-0.05, 0) is 49.4 Å². The zero-order valence-corrected chi connectivity index (χ0v) is 10.3. The molecule has 0 spiro atoms. The third-order valence-electron chi connectivity index (χ3n) is 2.73. The fourth-order valence-electron chi connectivity index (χ4n) is 1.89. The molecule has 1 aromatic carbocycles. The maximum Gasteiger partial charge on any atom is 0.237 e. The summed E-state index contributed by atoms with van der Waals surface area (Å²) in [4.78, 5) is 11.3. The van der Waals surface area contributed by atoms with Crippen molar-refractivity contribution in [1.82, 2.24) is 0 Å². The van der Waals surface area contributed by atoms with Gasteiger partial charge in [-0.3, -0.25) is 4.79 Å². The van der Waals surface area contributed by atoms with Gasteiger partial charge in [0.25, 0.3) is 0 Å². The molecule has 1 aliphatic rings. The molecule has 2 nitrogen and oxygen atoms in total. The molecule has 0 aromatic heterocycles. The molecule has 1 amide bonds. The van der Waals surface area contributed by atoms with Crippen LogP contribution in [-0.4, -0.2) is 10.7 Å². The lowest BCUT2D eigenvalue weighted by Crippen LogP contribution is -2.19. The third kappa shape index (κ3) is 2.40. The van der Waals surface area contributed by atoms with Crippen molar-refractivity contribution in [2.24, 2.45) is 0 Å². The summed E-state index contributed by atoms with van der Waals surface area (Å²) in [5.41, 5.74) is 3.72. The highest BCUT2D eigenvalue weighted by Crippen LogP contribution is 2.25. The molecule has 1 unspecified atom stereocenters. The lowest BCUT2D eigenvalue weighted by molar-refractivity contribution is -0.115. The van der Waals surface area contributed by atoms with Crippen molar-refractivity contribution >= 4 is 27.5 Å². The Kier molecular flexibility index (Phi) is 3.10. The summed E-state index contributed by atoms with van der Waals surface area (Å²) in [5.74, 6) is 0.00736. The van der Waals surface area contributed by atoms with Crippen molar-refractivity contribution in [3.63, 3.8) is 0 Å². The van der Waals surface area contributed by atoms with E-state index in [0.29, 0.717) is 0 Å². The second kappa shape index (κ2) is 4.35. The molecule has 80 valence electrons. The quantitative estimate of drug-likeness (QED) is 0.821. The van der Waals surface area contributed by atoms with Crippen molar-refractivity contribution in [2.75, 3.05) is 5.32 Å². The number of anilines is 1. The number of alkyl halides is 1. The zero-order chi connectivity index (χ0) is 10.8. The second-order valence-electron chi connectivity index (χ2n) is 3.94. The highest BCUT2D eigenvalue weighted by atomic mass is 79.9. The monoisotopic (exact) mass is 267 g/mol. The van der Waals surface area contributed by atoms with Crippen molar-refractivity contribution in [3.8, 4) is 0 Å². The molecule has 1 aromatic rings. The molecular formula is C12H14BrNO. The maximum atomic E-state index is 11.5. The molecule has 0 radical (unpaired) electrons. The first-order chi connectivity index (χ1) is 7.16. The standard InChI is InChI=1S/C12H14BrNO/c1-8(13)12(15)14-11-6-5-9-3-2-4-10(9)7-11/h5-8H,2-4H2,1H3,(H,14,15). The van der Waals surface area contributed by atoms with Gasteiger partial charge in [-0.2, -0.15) is 0 Å². The normalized spacial score (nSPS) is 15.9. The number of halogens is 1. The van der Waals surface area contributed by atoms with Crippen LogP contribution in [0, 0.1) is 0 Å². The number of carbonyl (C=O) groups is 1. The van der Waals surface area contributed by atoms with Crippen LogP contribution in [0.4, 0.5) is 5.69 Å². The van der Waals surface area contributed by atoms with Gasteiger partial charge in [0.15, 0.2) is 0 Å². The number of rotatable bonds is 2. The van der Waals surface area contributed by atoms with Gasteiger partial charge in [0.2, 0.25) is 5.91 Å². The van der Waals surface area contributed by atoms with Crippen LogP contribution in [0.1, 0.15) is 24.5 Å². The molecule has 0 bridgehead atoms. The van der Waals surface area contributed by atoms with Gasteiger partial charge in [-0.1, -0.05) is 22.0 Å². The fourth-order valence-corrected chi connectivity index (χ4v) is 2.01. The van der Waals surface area contributed by atoms with Gasteiger partial charge in [-0.15, -0.1) is 0 Å². The van der Waals surface area contributed by atoms with Crippen LogP contribution in [0.2, 0.25) is 0 Å². The zero-order valence-electron chi connectivity index (χ0n) is 8.72. The van der Waals surface area contributed by atoms with Crippen molar-refractivity contribution in [2.45, 2.75) is 31.0 Å². The smallest absolute Gasteiger partial charge is 0.237 e. The maximum absolute atomic E-state index is 11.5. The van der Waals surface area contributed by atoms with Crippen molar-refractivity contribution in [1.29, 1.82) is 0 Å². The summed E-state index contributed by atoms with van der Waals surface area (Å²) in [5, 5.41) is 2.89. The number of benzene rings is 1. The summed E-state index contributed by atoms with van der Waals surface area (Å²) in [6.07, 6.45) is 3.56. The van der Waals surface area contributed by atoms with Gasteiger partial charge < -0.3 is 5.32 Å². The Morgan fingerprint density at radius 1 is 1.40 bits per heavy atom. The number of carbonyl (C=O) groups excluding carboxylic acids is 1. The minimum Gasteiger partial charge on any atom is -0.325 e. The van der Waals surface area contributed by atoms with Crippen LogP contribution in [0.5, 0.6) is 0 Å². The molecule has 1 atom stereocenters. The van der Waals surface area contributed by atoms with E-state index >= 15 is 0 Å². The van der Waals surface area contributed by atoms with E-state index in [0.717, 1.165) is 12.1 Å². The average molecular weight is 268 g/mol. The lowest BCUT2D eigenvalue weighted by atomic mass is 10.1. The third-order valence-corrected chi connectivity index (χ3v) is 3.14. The summed E-state index contributed by atoms with van der Waals surface area (Å²) < 4.78 is 0. The molecule has 15 heavy (non-hydrogen) atoms. The van der Waals surface area contributed by atoms with E-state index in [-0.39, 0.29) is 10.7 Å². The Hall–Kier alpha value is -0.830. The Bertz CT molecular complexity index is 387. The Morgan fingerprint density at radius 3 is 2.87 bits per heavy atom. The van der Waals surface area contributed by atoms with E-state index in [1.54, 1.807) is 0 Å². The van der Waals surface area contributed by atoms with Crippen LogP contribution in [0.3, 0.4) is 0 Å². The minimum absolute atomic E-state index is 0.00736. The van der Waals surface area contributed by atoms with E-state index in [2.05, 4.69) is 33.4 Å². The minimum atomic E-state index is -0.147. The molecule has 0 fully saturated rings. The van der Waals surface area contributed by atoms with E-state index in [1.165, 1.54) is 24.0 Å². The first kappa shape index (κ1) is 10.7. The molecule has 0 saturated heterocycles. The summed E-state index contributed by atoms with van der Waals surface area (Å²) >= 11 is 3.25. The topological polar surface area (TPSA) is 29.1 Å². The van der Waals surface area contributed by atoms with Crippen molar-refractivity contribution < 1.29 is 4.79 Å².